The number of ether oxygens (including phenoxy) is 4. The molecule has 0 aliphatic heterocycles. The fourth-order valence-electron chi connectivity index (χ4n) is 2.35. The molecule has 0 fully saturated rings. The second-order valence-corrected chi connectivity index (χ2v) is 5.89. The summed E-state index contributed by atoms with van der Waals surface area (Å²) in [6, 6.07) is 7.36. The first-order valence-electron chi connectivity index (χ1n) is 8.78. The molecule has 0 aromatic heterocycles. The molecule has 11 nitrogen and oxygen atoms in total. The molecule has 0 aliphatic carbocycles. The molecular formula is C19H24N2O9. The lowest BCUT2D eigenvalue weighted by Crippen LogP contribution is -2.52. The Hall–Kier alpha value is -3.63. The molecule has 0 unspecified atom stereocenters. The number of benzene rings is 1. The van der Waals surface area contributed by atoms with Crippen molar-refractivity contribution in [1.29, 1.82) is 0 Å². The molecule has 1 aromatic rings. The van der Waals surface area contributed by atoms with Crippen LogP contribution in [0.4, 0.5) is 4.79 Å². The van der Waals surface area contributed by atoms with Crippen molar-refractivity contribution in [2.24, 2.45) is 5.92 Å². The van der Waals surface area contributed by atoms with Gasteiger partial charge >= 0.3 is 24.0 Å². The normalized spacial score (nSPS) is 12.0. The highest BCUT2D eigenvalue weighted by atomic mass is 16.6. The minimum atomic E-state index is -1.53. The van der Waals surface area contributed by atoms with Crippen LogP contribution in [-0.2, 0) is 44.7 Å². The van der Waals surface area contributed by atoms with Gasteiger partial charge in [0.25, 0.3) is 0 Å². The minimum absolute atomic E-state index is 0.00260. The van der Waals surface area contributed by atoms with Gasteiger partial charge in [0.15, 0.2) is 0 Å². The van der Waals surface area contributed by atoms with E-state index in [2.05, 4.69) is 24.8 Å². The van der Waals surface area contributed by atoms with Gasteiger partial charge in [-0.15, -0.1) is 0 Å². The Labute approximate surface area is 173 Å². The van der Waals surface area contributed by atoms with E-state index in [0.717, 1.165) is 26.9 Å². The van der Waals surface area contributed by atoms with Crippen molar-refractivity contribution >= 4 is 29.9 Å². The van der Waals surface area contributed by atoms with E-state index in [-0.39, 0.29) is 6.61 Å². The summed E-state index contributed by atoms with van der Waals surface area (Å²) in [6.45, 7) is -0.546. The number of hydrogen-bond donors (Lipinski definition) is 2. The summed E-state index contributed by atoms with van der Waals surface area (Å²) in [7, 11) is 3.22. The molecule has 2 atom stereocenters. The molecule has 2 N–H and O–H groups in total. The zero-order valence-electron chi connectivity index (χ0n) is 16.8. The average Bonchev–Trinajstić information content (AvgIpc) is 2.77. The highest BCUT2D eigenvalue weighted by Gasteiger charge is 2.38. The van der Waals surface area contributed by atoms with Crippen LogP contribution in [0.2, 0.25) is 0 Å². The summed E-state index contributed by atoms with van der Waals surface area (Å²) in [5.41, 5.74) is 0.756. The van der Waals surface area contributed by atoms with E-state index in [1.165, 1.54) is 0 Å². The Morgan fingerprint density at radius 3 is 2.10 bits per heavy atom. The Bertz CT molecular complexity index is 752. The Kier molecular flexibility index (Phi) is 10.4. The van der Waals surface area contributed by atoms with Crippen LogP contribution in [0.1, 0.15) is 12.0 Å². The van der Waals surface area contributed by atoms with Crippen LogP contribution in [0.25, 0.3) is 0 Å². The van der Waals surface area contributed by atoms with Crippen molar-refractivity contribution in [3.05, 3.63) is 35.9 Å². The number of hydrogen-bond acceptors (Lipinski definition) is 9. The van der Waals surface area contributed by atoms with Crippen LogP contribution in [-0.4, -0.2) is 63.8 Å². The largest absolute Gasteiger partial charge is 0.469 e. The summed E-state index contributed by atoms with van der Waals surface area (Å²) in [5.74, 6) is -4.90. The van der Waals surface area contributed by atoms with Crippen molar-refractivity contribution < 1.29 is 42.9 Å². The fourth-order valence-corrected chi connectivity index (χ4v) is 2.35. The minimum Gasteiger partial charge on any atom is -0.469 e. The van der Waals surface area contributed by atoms with Crippen molar-refractivity contribution in [3.63, 3.8) is 0 Å². The number of nitrogens with one attached hydrogen (secondary N) is 2. The van der Waals surface area contributed by atoms with Gasteiger partial charge in [-0.1, -0.05) is 30.3 Å². The van der Waals surface area contributed by atoms with Gasteiger partial charge in [0.1, 0.15) is 19.2 Å². The first kappa shape index (κ1) is 24.4. The summed E-state index contributed by atoms with van der Waals surface area (Å²) >= 11 is 0. The molecule has 0 saturated carbocycles. The molecule has 0 heterocycles. The Morgan fingerprint density at radius 2 is 1.53 bits per heavy atom. The molecule has 0 bridgehead atoms. The van der Waals surface area contributed by atoms with Crippen molar-refractivity contribution in [2.45, 2.75) is 19.1 Å². The van der Waals surface area contributed by atoms with Gasteiger partial charge in [-0.05, 0) is 5.56 Å². The zero-order chi connectivity index (χ0) is 22.5. The molecule has 0 aliphatic rings. The number of rotatable bonds is 10. The highest BCUT2D eigenvalue weighted by Crippen LogP contribution is 2.14. The van der Waals surface area contributed by atoms with Gasteiger partial charge in [0.05, 0.1) is 33.7 Å². The number of carbonyl (C=O) groups is 5. The molecular weight excluding hydrogens is 400 g/mol. The van der Waals surface area contributed by atoms with Crippen molar-refractivity contribution in [2.75, 3.05) is 27.9 Å². The maximum absolute atomic E-state index is 12.2. The monoisotopic (exact) mass is 424 g/mol. The molecule has 0 saturated heterocycles. The van der Waals surface area contributed by atoms with Crippen LogP contribution < -0.4 is 10.6 Å². The van der Waals surface area contributed by atoms with Crippen LogP contribution >= 0.6 is 0 Å². The lowest BCUT2D eigenvalue weighted by molar-refractivity contribution is -0.159. The van der Waals surface area contributed by atoms with E-state index < -0.39 is 54.8 Å². The molecule has 164 valence electrons. The quantitative estimate of drug-likeness (QED) is 0.389. The maximum atomic E-state index is 12.2. The standard InChI is InChI=1S/C19H24N2O9/c1-27-15(23)9-13(17(24)28-2)16(18(25)29-3)21-14(22)10-20-19(26)30-11-12-7-5-4-6-8-12/h4-8,13,16H,9-11H2,1-3H3,(H,20,26)(H,21,22)/t13-,16-/m0/s1. The molecule has 2 amide bonds. The van der Waals surface area contributed by atoms with E-state index in [0.29, 0.717) is 0 Å². The first-order valence-corrected chi connectivity index (χ1v) is 8.78. The first-order chi connectivity index (χ1) is 14.3. The summed E-state index contributed by atoms with van der Waals surface area (Å²) in [6.07, 6.45) is -1.39. The molecule has 1 rings (SSSR count). The number of methoxy groups -OCH3 is 3. The van der Waals surface area contributed by atoms with Gasteiger partial charge in [-0.3, -0.25) is 14.4 Å². The smallest absolute Gasteiger partial charge is 0.407 e. The summed E-state index contributed by atoms with van der Waals surface area (Å²) < 4.78 is 18.6. The Morgan fingerprint density at radius 1 is 0.900 bits per heavy atom. The third kappa shape index (κ3) is 8.17. The molecule has 0 spiro atoms. The number of amides is 2. The van der Waals surface area contributed by atoms with E-state index >= 15 is 0 Å². The maximum Gasteiger partial charge on any atom is 0.407 e. The van der Waals surface area contributed by atoms with Gasteiger partial charge < -0.3 is 29.6 Å². The topological polar surface area (TPSA) is 146 Å². The lowest BCUT2D eigenvalue weighted by atomic mass is 9.96. The lowest BCUT2D eigenvalue weighted by Gasteiger charge is -2.23. The third-order valence-electron chi connectivity index (χ3n) is 3.90. The predicted molar refractivity (Wildman–Crippen MR) is 101 cm³/mol. The zero-order valence-corrected chi connectivity index (χ0v) is 16.8. The second kappa shape index (κ2) is 12.8. The molecule has 30 heavy (non-hydrogen) atoms. The van der Waals surface area contributed by atoms with Gasteiger partial charge in [0.2, 0.25) is 5.91 Å². The molecule has 11 heteroatoms. The number of esters is 3. The third-order valence-corrected chi connectivity index (χ3v) is 3.90. The van der Waals surface area contributed by atoms with Crippen molar-refractivity contribution in [1.82, 2.24) is 10.6 Å². The van der Waals surface area contributed by atoms with Crippen LogP contribution in [0.5, 0.6) is 0 Å². The van der Waals surface area contributed by atoms with Gasteiger partial charge in [0, 0.05) is 0 Å². The number of alkyl carbamates (subject to hydrolysis) is 1. The van der Waals surface area contributed by atoms with E-state index in [9.17, 15) is 24.0 Å². The van der Waals surface area contributed by atoms with E-state index in [1.807, 2.05) is 6.07 Å². The second-order valence-electron chi connectivity index (χ2n) is 5.89. The molecule has 0 radical (unpaired) electrons. The molecule has 1 aromatic carbocycles. The number of carbonyl (C=O) groups excluding carboxylic acids is 5. The summed E-state index contributed by atoms with van der Waals surface area (Å²) in [5, 5.41) is 4.47. The van der Waals surface area contributed by atoms with E-state index in [1.54, 1.807) is 24.3 Å². The summed E-state index contributed by atoms with van der Waals surface area (Å²) in [4.78, 5) is 59.6. The van der Waals surface area contributed by atoms with Crippen molar-refractivity contribution in [3.8, 4) is 0 Å². The van der Waals surface area contributed by atoms with Gasteiger partial charge in [-0.2, -0.15) is 0 Å². The van der Waals surface area contributed by atoms with Gasteiger partial charge in [-0.25, -0.2) is 9.59 Å². The fraction of sp³-hybridized carbons (Fsp3) is 0.421. The highest BCUT2D eigenvalue weighted by molar-refractivity contribution is 5.92. The SMILES string of the molecule is COC(=O)C[C@H](C(=O)OC)[C@H](NC(=O)CNC(=O)OCc1ccccc1)C(=O)OC. The Balaban J connectivity index is 2.68. The predicted octanol–water partition coefficient (Wildman–Crippen LogP) is -0.0771. The van der Waals surface area contributed by atoms with Crippen LogP contribution in [0.3, 0.4) is 0 Å². The van der Waals surface area contributed by atoms with E-state index in [4.69, 9.17) is 4.74 Å². The van der Waals surface area contributed by atoms with Crippen LogP contribution in [0.15, 0.2) is 30.3 Å². The van der Waals surface area contributed by atoms with Crippen LogP contribution in [0, 0.1) is 5.92 Å². The average molecular weight is 424 g/mol.